The Bertz CT molecular complexity index is 885. The first-order valence-electron chi connectivity index (χ1n) is 9.28. The third-order valence-corrected chi connectivity index (χ3v) is 5.17. The molecule has 0 bridgehead atoms. The van der Waals surface area contributed by atoms with Gasteiger partial charge in [0.05, 0.1) is 25.0 Å². The van der Waals surface area contributed by atoms with Crippen LogP contribution in [-0.4, -0.2) is 30.7 Å². The van der Waals surface area contributed by atoms with Crippen molar-refractivity contribution in [1.29, 1.82) is 0 Å². The highest BCUT2D eigenvalue weighted by atomic mass is 32.2. The van der Waals surface area contributed by atoms with E-state index in [0.717, 1.165) is 17.3 Å². The van der Waals surface area contributed by atoms with Crippen LogP contribution >= 0.6 is 11.8 Å². The highest BCUT2D eigenvalue weighted by molar-refractivity contribution is 8.00. The lowest BCUT2D eigenvalue weighted by Crippen LogP contribution is -2.28. The first-order valence-corrected chi connectivity index (χ1v) is 10.3. The van der Waals surface area contributed by atoms with Crippen molar-refractivity contribution < 1.29 is 23.5 Å². The van der Waals surface area contributed by atoms with Crippen molar-refractivity contribution in [2.75, 3.05) is 12.9 Å². The first-order chi connectivity index (χ1) is 13.7. The molecule has 1 N–H and O–H groups in total. The van der Waals surface area contributed by atoms with Crippen LogP contribution in [0.5, 0.6) is 11.5 Å². The number of ketones is 1. The number of hydrogen-bond acceptors (Lipinski definition) is 5. The number of Topliss-reactive ketones (excluding diaryl/α,β-unsaturated/α-hetero) is 1. The third-order valence-electron chi connectivity index (χ3n) is 4.13. The van der Waals surface area contributed by atoms with Crippen molar-refractivity contribution in [3.05, 3.63) is 53.3 Å². The van der Waals surface area contributed by atoms with Crippen LogP contribution in [0.1, 0.15) is 49.7 Å². The fraction of sp³-hybridized carbons (Fsp3) is 0.364. The molecule has 7 heteroatoms. The van der Waals surface area contributed by atoms with Crippen LogP contribution in [0.4, 0.5) is 4.39 Å². The normalized spacial score (nSPS) is 11.8. The quantitative estimate of drug-likeness (QED) is 0.467. The van der Waals surface area contributed by atoms with E-state index in [-0.39, 0.29) is 29.6 Å². The minimum atomic E-state index is -0.506. The van der Waals surface area contributed by atoms with E-state index in [0.29, 0.717) is 22.0 Å². The van der Waals surface area contributed by atoms with Crippen LogP contribution in [-0.2, 0) is 4.79 Å². The zero-order valence-electron chi connectivity index (χ0n) is 17.2. The molecule has 2 aromatic carbocycles. The van der Waals surface area contributed by atoms with Crippen molar-refractivity contribution >= 4 is 23.5 Å². The molecule has 0 saturated heterocycles. The number of halogens is 1. The Morgan fingerprint density at radius 2 is 1.83 bits per heavy atom. The number of benzene rings is 2. The first kappa shape index (κ1) is 22.7. The average molecular weight is 420 g/mol. The standard InChI is InChI=1S/C22H26FNO4S/c1-13(2)28-19-8-6-16(11-20(19)27-5)14(3)24-22(26)12-29-21-9-7-17(15(4)25)10-18(21)23/h6-11,13-14H,12H2,1-5H3,(H,24,26). The molecule has 29 heavy (non-hydrogen) atoms. The molecule has 1 unspecified atom stereocenters. The van der Waals surface area contributed by atoms with Crippen molar-refractivity contribution in [2.24, 2.45) is 0 Å². The van der Waals surface area contributed by atoms with Crippen LogP contribution in [0, 0.1) is 5.82 Å². The molecule has 0 aliphatic carbocycles. The molecule has 0 radical (unpaired) electrons. The van der Waals surface area contributed by atoms with Crippen LogP contribution in [0.2, 0.25) is 0 Å². The van der Waals surface area contributed by atoms with Gasteiger partial charge in [-0.05, 0) is 57.5 Å². The SMILES string of the molecule is COc1cc(C(C)NC(=O)CSc2ccc(C(C)=O)cc2F)ccc1OC(C)C. The van der Waals surface area contributed by atoms with Gasteiger partial charge in [0.25, 0.3) is 0 Å². The lowest BCUT2D eigenvalue weighted by Gasteiger charge is -2.18. The summed E-state index contributed by atoms with van der Waals surface area (Å²) in [5.74, 6) is 0.372. The summed E-state index contributed by atoms with van der Waals surface area (Å²) in [7, 11) is 1.57. The summed E-state index contributed by atoms with van der Waals surface area (Å²) in [6, 6.07) is 9.53. The molecule has 0 heterocycles. The van der Waals surface area contributed by atoms with Gasteiger partial charge >= 0.3 is 0 Å². The van der Waals surface area contributed by atoms with Crippen molar-refractivity contribution in [2.45, 2.75) is 44.7 Å². The van der Waals surface area contributed by atoms with Crippen molar-refractivity contribution in [1.82, 2.24) is 5.32 Å². The predicted molar refractivity (Wildman–Crippen MR) is 112 cm³/mol. The molecule has 0 fully saturated rings. The summed E-state index contributed by atoms with van der Waals surface area (Å²) in [5, 5.41) is 2.89. The zero-order valence-corrected chi connectivity index (χ0v) is 18.1. The molecular weight excluding hydrogens is 393 g/mol. The second kappa shape index (κ2) is 10.3. The second-order valence-corrected chi connectivity index (χ2v) is 7.87. The fourth-order valence-electron chi connectivity index (χ4n) is 2.65. The topological polar surface area (TPSA) is 64.6 Å². The second-order valence-electron chi connectivity index (χ2n) is 6.86. The molecule has 1 atom stereocenters. The monoisotopic (exact) mass is 419 g/mol. The van der Waals surface area contributed by atoms with E-state index in [1.165, 1.54) is 19.1 Å². The summed E-state index contributed by atoms with van der Waals surface area (Å²) in [6.07, 6.45) is 0.0220. The Labute approximate surface area is 175 Å². The van der Waals surface area contributed by atoms with Crippen molar-refractivity contribution in [3.8, 4) is 11.5 Å². The number of thioether (sulfide) groups is 1. The van der Waals surface area contributed by atoms with Crippen LogP contribution in [0.3, 0.4) is 0 Å². The highest BCUT2D eigenvalue weighted by Gasteiger charge is 2.15. The molecule has 0 aliphatic heterocycles. The van der Waals surface area contributed by atoms with Gasteiger partial charge in [0.1, 0.15) is 5.82 Å². The summed E-state index contributed by atoms with van der Waals surface area (Å²) < 4.78 is 25.2. The zero-order chi connectivity index (χ0) is 21.6. The van der Waals surface area contributed by atoms with Gasteiger partial charge in [-0.2, -0.15) is 0 Å². The molecule has 0 saturated carbocycles. The largest absolute Gasteiger partial charge is 0.493 e. The molecule has 0 aliphatic rings. The number of rotatable bonds is 9. The number of hydrogen-bond donors (Lipinski definition) is 1. The van der Waals surface area contributed by atoms with E-state index in [2.05, 4.69) is 5.32 Å². The molecule has 5 nitrogen and oxygen atoms in total. The maximum absolute atomic E-state index is 14.1. The van der Waals surface area contributed by atoms with Gasteiger partial charge < -0.3 is 14.8 Å². The van der Waals surface area contributed by atoms with Crippen LogP contribution in [0.25, 0.3) is 0 Å². The Hall–Kier alpha value is -2.54. The fourth-order valence-corrected chi connectivity index (χ4v) is 3.38. The van der Waals surface area contributed by atoms with Gasteiger partial charge in [-0.1, -0.05) is 12.1 Å². The Morgan fingerprint density at radius 3 is 2.41 bits per heavy atom. The van der Waals surface area contributed by atoms with E-state index < -0.39 is 5.82 Å². The number of ether oxygens (including phenoxy) is 2. The molecule has 156 valence electrons. The highest BCUT2D eigenvalue weighted by Crippen LogP contribution is 2.31. The summed E-state index contributed by atoms with van der Waals surface area (Å²) in [4.78, 5) is 23.9. The molecule has 0 spiro atoms. The van der Waals surface area contributed by atoms with Gasteiger partial charge in [0.15, 0.2) is 17.3 Å². The van der Waals surface area contributed by atoms with E-state index in [4.69, 9.17) is 9.47 Å². The number of carbonyl (C=O) groups excluding carboxylic acids is 2. The summed E-state index contributed by atoms with van der Waals surface area (Å²) in [6.45, 7) is 7.12. The van der Waals surface area contributed by atoms with E-state index in [9.17, 15) is 14.0 Å². The molecule has 2 rings (SSSR count). The predicted octanol–water partition coefficient (Wildman–Crippen LogP) is 4.79. The van der Waals surface area contributed by atoms with Gasteiger partial charge in [0.2, 0.25) is 5.91 Å². The Balaban J connectivity index is 1.97. The lowest BCUT2D eigenvalue weighted by molar-refractivity contribution is -0.119. The van der Waals surface area contributed by atoms with Gasteiger partial charge in [-0.3, -0.25) is 9.59 Å². The number of amides is 1. The minimum Gasteiger partial charge on any atom is -0.493 e. The van der Waals surface area contributed by atoms with Crippen LogP contribution < -0.4 is 14.8 Å². The molecule has 0 aromatic heterocycles. The number of methoxy groups -OCH3 is 1. The van der Waals surface area contributed by atoms with Gasteiger partial charge in [-0.25, -0.2) is 4.39 Å². The minimum absolute atomic E-state index is 0.0220. The molecule has 2 aromatic rings. The maximum Gasteiger partial charge on any atom is 0.230 e. The average Bonchev–Trinajstić information content (AvgIpc) is 2.66. The molecule has 1 amide bonds. The van der Waals surface area contributed by atoms with Gasteiger partial charge in [0, 0.05) is 10.5 Å². The smallest absolute Gasteiger partial charge is 0.230 e. The number of nitrogens with one attached hydrogen (secondary N) is 1. The Kier molecular flexibility index (Phi) is 8.08. The van der Waals surface area contributed by atoms with Crippen LogP contribution in [0.15, 0.2) is 41.3 Å². The van der Waals surface area contributed by atoms with Crippen molar-refractivity contribution in [3.63, 3.8) is 0 Å². The van der Waals surface area contributed by atoms with Gasteiger partial charge in [-0.15, -0.1) is 11.8 Å². The number of carbonyl (C=O) groups is 2. The lowest BCUT2D eigenvalue weighted by atomic mass is 10.1. The van der Waals surface area contributed by atoms with E-state index in [1.54, 1.807) is 13.2 Å². The summed E-state index contributed by atoms with van der Waals surface area (Å²) in [5.41, 5.74) is 1.18. The van der Waals surface area contributed by atoms with E-state index in [1.807, 2.05) is 39.0 Å². The summed E-state index contributed by atoms with van der Waals surface area (Å²) >= 11 is 1.09. The Morgan fingerprint density at radius 1 is 1.10 bits per heavy atom. The third kappa shape index (κ3) is 6.49. The maximum atomic E-state index is 14.1. The van der Waals surface area contributed by atoms with E-state index >= 15 is 0 Å². The molecular formula is C22H26FNO4S.